The highest BCUT2D eigenvalue weighted by molar-refractivity contribution is 7.45. The first-order chi connectivity index (χ1) is 9.93. The Bertz CT molecular complexity index is 420. The van der Waals surface area contributed by atoms with E-state index in [4.69, 9.17) is 4.74 Å². The van der Waals surface area contributed by atoms with E-state index in [9.17, 15) is 19.0 Å². The summed E-state index contributed by atoms with van der Waals surface area (Å²) >= 11 is 0. The number of carbonyl (C=O) groups excluding carboxylic acids is 2. The molecule has 0 heterocycles. The molecule has 0 rings (SSSR count). The number of hydrogen-bond donors (Lipinski definition) is 0. The largest absolute Gasteiger partial charge is 0.756 e. The average Bonchev–Trinajstić information content (AvgIpc) is 2.31. The van der Waals surface area contributed by atoms with Gasteiger partial charge in [0, 0.05) is 6.92 Å². The zero-order chi connectivity index (χ0) is 17.4. The molecule has 22 heavy (non-hydrogen) atoms. The summed E-state index contributed by atoms with van der Waals surface area (Å²) in [4.78, 5) is 33.4. The van der Waals surface area contributed by atoms with Gasteiger partial charge in [-0.25, -0.2) is 4.79 Å². The van der Waals surface area contributed by atoms with Gasteiger partial charge in [-0.3, -0.25) is 9.36 Å². The van der Waals surface area contributed by atoms with Crippen LogP contribution in [0, 0.1) is 0 Å². The molecule has 0 aromatic heterocycles. The van der Waals surface area contributed by atoms with Crippen LogP contribution in [0.5, 0.6) is 0 Å². The molecular formula is C12H24NO8P. The number of likely N-dealkylation sites (N-methyl/N-ethyl adjacent to an activating group) is 1. The van der Waals surface area contributed by atoms with Crippen molar-refractivity contribution in [1.29, 1.82) is 0 Å². The van der Waals surface area contributed by atoms with E-state index in [1.807, 2.05) is 21.1 Å². The predicted octanol–water partition coefficient (Wildman–Crippen LogP) is -0.311. The Balaban J connectivity index is 3.91. The van der Waals surface area contributed by atoms with Crippen molar-refractivity contribution in [2.45, 2.75) is 20.0 Å². The maximum absolute atomic E-state index is 11.4. The molecule has 10 heteroatoms. The number of nitrogens with zero attached hydrogens (tertiary/aromatic N) is 1. The zero-order valence-electron chi connectivity index (χ0n) is 13.6. The Morgan fingerprint density at radius 3 is 2.18 bits per heavy atom. The predicted molar refractivity (Wildman–Crippen MR) is 74.6 cm³/mol. The Morgan fingerprint density at radius 1 is 1.14 bits per heavy atom. The topological polar surface area (TPSA) is 111 Å². The highest BCUT2D eigenvalue weighted by Gasteiger charge is 2.18. The zero-order valence-corrected chi connectivity index (χ0v) is 14.5. The Hall–Kier alpha value is -0.990. The summed E-state index contributed by atoms with van der Waals surface area (Å²) in [6, 6.07) is 0. The van der Waals surface area contributed by atoms with Crippen LogP contribution in [0.15, 0.2) is 0 Å². The normalized spacial score (nSPS) is 15.7. The maximum atomic E-state index is 11.4. The van der Waals surface area contributed by atoms with Crippen molar-refractivity contribution < 1.29 is 42.1 Å². The van der Waals surface area contributed by atoms with Gasteiger partial charge in [0.05, 0.1) is 27.7 Å². The quantitative estimate of drug-likeness (QED) is 0.230. The summed E-state index contributed by atoms with van der Waals surface area (Å²) in [6.45, 7) is 2.32. The fourth-order valence-corrected chi connectivity index (χ4v) is 1.85. The molecule has 0 aliphatic carbocycles. The fraction of sp³-hybridized carbons (Fsp3) is 0.833. The molecule has 0 spiro atoms. The van der Waals surface area contributed by atoms with Crippen LogP contribution in [0.2, 0.25) is 0 Å². The molecule has 0 aromatic rings. The molecular weight excluding hydrogens is 317 g/mol. The van der Waals surface area contributed by atoms with Crippen molar-refractivity contribution in [3.05, 3.63) is 0 Å². The molecule has 0 amide bonds. The van der Waals surface area contributed by atoms with Crippen molar-refractivity contribution >= 4 is 19.8 Å². The molecule has 0 aromatic carbocycles. The minimum Gasteiger partial charge on any atom is -0.756 e. The lowest BCUT2D eigenvalue weighted by Gasteiger charge is -2.27. The molecule has 0 fully saturated rings. The minimum absolute atomic E-state index is 0.00640. The summed E-state index contributed by atoms with van der Waals surface area (Å²) in [5.41, 5.74) is 0. The van der Waals surface area contributed by atoms with E-state index < -0.39 is 25.9 Å². The van der Waals surface area contributed by atoms with E-state index in [0.717, 1.165) is 6.92 Å². The summed E-state index contributed by atoms with van der Waals surface area (Å²) in [7, 11) is 1.26. The third-order valence-electron chi connectivity index (χ3n) is 2.26. The van der Waals surface area contributed by atoms with Crippen LogP contribution in [0.1, 0.15) is 13.8 Å². The van der Waals surface area contributed by atoms with Gasteiger partial charge in [-0.05, 0) is 6.92 Å². The van der Waals surface area contributed by atoms with Crippen LogP contribution in [-0.4, -0.2) is 70.0 Å². The highest BCUT2D eigenvalue weighted by Crippen LogP contribution is 2.37. The van der Waals surface area contributed by atoms with Gasteiger partial charge in [0.25, 0.3) is 7.82 Å². The molecule has 2 unspecified atom stereocenters. The third kappa shape index (κ3) is 11.6. The number of rotatable bonds is 10. The van der Waals surface area contributed by atoms with E-state index >= 15 is 0 Å². The van der Waals surface area contributed by atoms with Crippen molar-refractivity contribution in [3.63, 3.8) is 0 Å². The van der Waals surface area contributed by atoms with Crippen LogP contribution in [0.25, 0.3) is 0 Å². The second kappa shape index (κ2) is 9.22. The molecule has 0 saturated carbocycles. The Morgan fingerprint density at radius 2 is 1.68 bits per heavy atom. The molecule has 130 valence electrons. The lowest BCUT2D eigenvalue weighted by molar-refractivity contribution is -0.870. The molecule has 0 aliphatic heterocycles. The second-order valence-electron chi connectivity index (χ2n) is 5.55. The lowest BCUT2D eigenvalue weighted by atomic mass is 10.4. The van der Waals surface area contributed by atoms with Crippen LogP contribution in [0.3, 0.4) is 0 Å². The van der Waals surface area contributed by atoms with Gasteiger partial charge < -0.3 is 27.9 Å². The van der Waals surface area contributed by atoms with Gasteiger partial charge in [-0.15, -0.1) is 0 Å². The van der Waals surface area contributed by atoms with E-state index in [1.54, 1.807) is 0 Å². The van der Waals surface area contributed by atoms with Gasteiger partial charge in [-0.1, -0.05) is 0 Å². The molecule has 0 aliphatic rings. The number of carbonyl (C=O) groups is 2. The van der Waals surface area contributed by atoms with Crippen LogP contribution < -0.4 is 4.89 Å². The number of phosphoric ester groups is 1. The highest BCUT2D eigenvalue weighted by atomic mass is 31.2. The first-order valence-electron chi connectivity index (χ1n) is 6.67. The van der Waals surface area contributed by atoms with E-state index in [-0.39, 0.29) is 19.8 Å². The number of esters is 2. The monoisotopic (exact) mass is 341 g/mol. The van der Waals surface area contributed by atoms with Crippen molar-refractivity contribution in [2.24, 2.45) is 0 Å². The van der Waals surface area contributed by atoms with Crippen molar-refractivity contribution in [3.8, 4) is 0 Å². The van der Waals surface area contributed by atoms with Crippen LogP contribution in [0.4, 0.5) is 0 Å². The first kappa shape index (κ1) is 21.0. The van der Waals surface area contributed by atoms with Crippen molar-refractivity contribution in [2.75, 3.05) is 47.5 Å². The molecule has 0 radical (unpaired) electrons. The van der Waals surface area contributed by atoms with Gasteiger partial charge in [0.1, 0.15) is 19.8 Å². The Kier molecular flexibility index (Phi) is 8.80. The summed E-state index contributed by atoms with van der Waals surface area (Å²) in [5, 5.41) is 0. The molecule has 0 bridgehead atoms. The number of phosphoric acid groups is 1. The Labute approximate surface area is 130 Å². The molecule has 0 saturated heterocycles. The lowest BCUT2D eigenvalue weighted by Crippen LogP contribution is -2.37. The van der Waals surface area contributed by atoms with Gasteiger partial charge in [-0.2, -0.15) is 0 Å². The van der Waals surface area contributed by atoms with Crippen LogP contribution >= 0.6 is 7.82 Å². The summed E-state index contributed by atoms with van der Waals surface area (Å²) in [6.07, 6.45) is -1.06. The standard InChI is InChI=1S/C12H24NO8P/c1-10(21-11(2)14)12(15)18-8-9-20-22(16,17)19-7-6-13(3,4)5/h10H,6-9H2,1-5H3. The maximum Gasteiger partial charge on any atom is 0.347 e. The summed E-state index contributed by atoms with van der Waals surface area (Å²) < 4.78 is 30.5. The summed E-state index contributed by atoms with van der Waals surface area (Å²) in [5.74, 6) is -1.40. The van der Waals surface area contributed by atoms with E-state index in [1.165, 1.54) is 6.92 Å². The third-order valence-corrected chi connectivity index (χ3v) is 3.26. The number of ether oxygens (including phenoxy) is 2. The fourth-order valence-electron chi connectivity index (χ4n) is 1.17. The first-order valence-corrected chi connectivity index (χ1v) is 8.13. The number of quaternary nitrogens is 1. The van der Waals surface area contributed by atoms with Gasteiger partial charge in [0.15, 0.2) is 6.10 Å². The van der Waals surface area contributed by atoms with Crippen molar-refractivity contribution in [1.82, 2.24) is 0 Å². The van der Waals surface area contributed by atoms with E-state index in [2.05, 4.69) is 13.8 Å². The molecule has 2 atom stereocenters. The minimum atomic E-state index is -4.42. The molecule has 0 N–H and O–H groups in total. The smallest absolute Gasteiger partial charge is 0.347 e. The molecule has 9 nitrogen and oxygen atoms in total. The van der Waals surface area contributed by atoms with Crippen LogP contribution in [-0.2, 0) is 32.7 Å². The van der Waals surface area contributed by atoms with E-state index in [0.29, 0.717) is 11.0 Å². The SMILES string of the molecule is CC(=O)OC(C)C(=O)OCCOP(=O)([O-])OCC[N+](C)(C)C. The van der Waals surface area contributed by atoms with Gasteiger partial charge >= 0.3 is 11.9 Å². The number of hydrogen-bond acceptors (Lipinski definition) is 8. The van der Waals surface area contributed by atoms with Gasteiger partial charge in [0.2, 0.25) is 0 Å². The second-order valence-corrected chi connectivity index (χ2v) is 6.96. The average molecular weight is 341 g/mol.